The SMILES string of the molecule is CC(C(=O)N1CCCC1)N1CCNC[C@H]1C. The van der Waals surface area contributed by atoms with E-state index in [1.54, 1.807) is 0 Å². The molecule has 2 aliphatic rings. The van der Waals surface area contributed by atoms with Crippen molar-refractivity contribution in [2.45, 2.75) is 38.8 Å². The fourth-order valence-electron chi connectivity index (χ4n) is 2.78. The van der Waals surface area contributed by atoms with E-state index >= 15 is 0 Å². The smallest absolute Gasteiger partial charge is 0.239 e. The fraction of sp³-hybridized carbons (Fsp3) is 0.917. The minimum atomic E-state index is 0.0511. The molecular formula is C12H23N3O. The summed E-state index contributed by atoms with van der Waals surface area (Å²) in [6.07, 6.45) is 2.35. The van der Waals surface area contributed by atoms with Gasteiger partial charge in [0.15, 0.2) is 0 Å². The molecule has 2 fully saturated rings. The number of carbonyl (C=O) groups is 1. The maximum atomic E-state index is 12.3. The monoisotopic (exact) mass is 225 g/mol. The van der Waals surface area contributed by atoms with Gasteiger partial charge in [0.05, 0.1) is 6.04 Å². The molecule has 4 heteroatoms. The highest BCUT2D eigenvalue weighted by molar-refractivity contribution is 5.81. The Kier molecular flexibility index (Phi) is 3.82. The third-order valence-corrected chi connectivity index (χ3v) is 3.83. The first kappa shape index (κ1) is 11.9. The fourth-order valence-corrected chi connectivity index (χ4v) is 2.78. The molecule has 0 aromatic rings. The van der Waals surface area contributed by atoms with Crippen LogP contribution in [0.2, 0.25) is 0 Å². The van der Waals surface area contributed by atoms with E-state index in [4.69, 9.17) is 0 Å². The lowest BCUT2D eigenvalue weighted by Gasteiger charge is -2.38. The standard InChI is InChI=1S/C12H23N3O/c1-10-9-13-5-8-15(10)11(2)12(16)14-6-3-4-7-14/h10-11,13H,3-9H2,1-2H3/t10-,11?/m1/s1. The second kappa shape index (κ2) is 5.15. The lowest BCUT2D eigenvalue weighted by molar-refractivity contribution is -0.136. The van der Waals surface area contributed by atoms with E-state index in [-0.39, 0.29) is 6.04 Å². The lowest BCUT2D eigenvalue weighted by Crippen LogP contribution is -2.57. The van der Waals surface area contributed by atoms with Crippen LogP contribution in [0.25, 0.3) is 0 Å². The van der Waals surface area contributed by atoms with Crippen LogP contribution >= 0.6 is 0 Å². The summed E-state index contributed by atoms with van der Waals surface area (Å²) < 4.78 is 0. The number of nitrogens with zero attached hydrogens (tertiary/aromatic N) is 2. The summed E-state index contributed by atoms with van der Waals surface area (Å²) >= 11 is 0. The first-order valence-corrected chi connectivity index (χ1v) is 6.45. The summed E-state index contributed by atoms with van der Waals surface area (Å²) in [4.78, 5) is 16.6. The molecule has 92 valence electrons. The van der Waals surface area contributed by atoms with E-state index in [2.05, 4.69) is 24.1 Å². The largest absolute Gasteiger partial charge is 0.341 e. The second-order valence-electron chi connectivity index (χ2n) is 5.00. The van der Waals surface area contributed by atoms with Crippen LogP contribution in [0.1, 0.15) is 26.7 Å². The van der Waals surface area contributed by atoms with Crippen LogP contribution < -0.4 is 5.32 Å². The van der Waals surface area contributed by atoms with Crippen molar-refractivity contribution in [2.24, 2.45) is 0 Å². The van der Waals surface area contributed by atoms with Crippen LogP contribution in [0, 0.1) is 0 Å². The molecule has 0 aromatic heterocycles. The Bertz CT molecular complexity index is 251. The van der Waals surface area contributed by atoms with Crippen LogP contribution in [0.15, 0.2) is 0 Å². The summed E-state index contributed by atoms with van der Waals surface area (Å²) in [5, 5.41) is 3.36. The zero-order valence-corrected chi connectivity index (χ0v) is 10.4. The molecule has 0 radical (unpaired) electrons. The van der Waals surface area contributed by atoms with Crippen molar-refractivity contribution < 1.29 is 4.79 Å². The Morgan fingerprint density at radius 2 is 2.00 bits per heavy atom. The highest BCUT2D eigenvalue weighted by Crippen LogP contribution is 2.14. The number of rotatable bonds is 2. The third kappa shape index (κ3) is 2.38. The summed E-state index contributed by atoms with van der Waals surface area (Å²) in [6, 6.07) is 0.519. The van der Waals surface area contributed by atoms with Crippen molar-refractivity contribution in [3.05, 3.63) is 0 Å². The first-order valence-electron chi connectivity index (χ1n) is 6.45. The van der Waals surface area contributed by atoms with Crippen molar-refractivity contribution in [3.63, 3.8) is 0 Å². The molecule has 4 nitrogen and oxygen atoms in total. The van der Waals surface area contributed by atoms with Gasteiger partial charge in [-0.1, -0.05) is 0 Å². The molecule has 0 bridgehead atoms. The Hall–Kier alpha value is -0.610. The number of nitrogens with one attached hydrogen (secondary N) is 1. The average Bonchev–Trinajstić information content (AvgIpc) is 2.81. The molecule has 0 spiro atoms. The van der Waals surface area contributed by atoms with Gasteiger partial charge in [0, 0.05) is 38.8 Å². The van der Waals surface area contributed by atoms with E-state index in [0.717, 1.165) is 32.7 Å². The molecule has 0 aromatic carbocycles. The predicted molar refractivity (Wildman–Crippen MR) is 64.3 cm³/mol. The molecule has 2 aliphatic heterocycles. The van der Waals surface area contributed by atoms with Crippen molar-refractivity contribution in [1.82, 2.24) is 15.1 Å². The van der Waals surface area contributed by atoms with E-state index in [1.807, 2.05) is 4.90 Å². The van der Waals surface area contributed by atoms with Gasteiger partial charge in [-0.25, -0.2) is 0 Å². The molecule has 1 unspecified atom stereocenters. The number of hydrogen-bond donors (Lipinski definition) is 1. The second-order valence-corrected chi connectivity index (χ2v) is 5.00. The Morgan fingerprint density at radius 1 is 1.31 bits per heavy atom. The van der Waals surface area contributed by atoms with Gasteiger partial charge >= 0.3 is 0 Å². The molecule has 1 N–H and O–H groups in total. The Balaban J connectivity index is 1.94. The third-order valence-electron chi connectivity index (χ3n) is 3.83. The summed E-state index contributed by atoms with van der Waals surface area (Å²) in [6.45, 7) is 9.16. The molecule has 2 rings (SSSR count). The number of piperazine rings is 1. The Labute approximate surface area is 98.0 Å². The van der Waals surface area contributed by atoms with Gasteiger partial charge in [-0.3, -0.25) is 9.69 Å². The van der Waals surface area contributed by atoms with E-state index in [0.29, 0.717) is 11.9 Å². The summed E-state index contributed by atoms with van der Waals surface area (Å²) in [5.74, 6) is 0.325. The van der Waals surface area contributed by atoms with Gasteiger partial charge in [0.2, 0.25) is 5.91 Å². The normalized spacial score (nSPS) is 29.4. The quantitative estimate of drug-likeness (QED) is 0.734. The van der Waals surface area contributed by atoms with Gasteiger partial charge in [0.1, 0.15) is 0 Å². The molecule has 0 saturated carbocycles. The van der Waals surface area contributed by atoms with Crippen molar-refractivity contribution in [3.8, 4) is 0 Å². The summed E-state index contributed by atoms with van der Waals surface area (Å²) in [5.41, 5.74) is 0. The van der Waals surface area contributed by atoms with E-state index < -0.39 is 0 Å². The maximum Gasteiger partial charge on any atom is 0.239 e. The van der Waals surface area contributed by atoms with Crippen LogP contribution in [0.5, 0.6) is 0 Å². The zero-order valence-electron chi connectivity index (χ0n) is 10.4. The minimum Gasteiger partial charge on any atom is -0.341 e. The van der Waals surface area contributed by atoms with Gasteiger partial charge in [-0.2, -0.15) is 0 Å². The van der Waals surface area contributed by atoms with Gasteiger partial charge in [-0.15, -0.1) is 0 Å². The maximum absolute atomic E-state index is 12.3. The molecule has 2 atom stereocenters. The van der Waals surface area contributed by atoms with Crippen LogP contribution in [-0.4, -0.2) is 60.5 Å². The van der Waals surface area contributed by atoms with Crippen LogP contribution in [-0.2, 0) is 4.79 Å². The highest BCUT2D eigenvalue weighted by atomic mass is 16.2. The number of amides is 1. The lowest BCUT2D eigenvalue weighted by atomic mass is 10.1. The van der Waals surface area contributed by atoms with Crippen LogP contribution in [0.4, 0.5) is 0 Å². The van der Waals surface area contributed by atoms with Crippen LogP contribution in [0.3, 0.4) is 0 Å². The Morgan fingerprint density at radius 3 is 2.62 bits per heavy atom. The molecule has 0 aliphatic carbocycles. The first-order chi connectivity index (χ1) is 7.70. The minimum absolute atomic E-state index is 0.0511. The number of carbonyl (C=O) groups excluding carboxylic acids is 1. The molecule has 2 saturated heterocycles. The van der Waals surface area contributed by atoms with Gasteiger partial charge in [-0.05, 0) is 26.7 Å². The summed E-state index contributed by atoms with van der Waals surface area (Å²) in [7, 11) is 0. The predicted octanol–water partition coefficient (Wildman–Crippen LogP) is 0.291. The molecular weight excluding hydrogens is 202 g/mol. The highest BCUT2D eigenvalue weighted by Gasteiger charge is 2.31. The average molecular weight is 225 g/mol. The molecule has 2 heterocycles. The van der Waals surface area contributed by atoms with Crippen molar-refractivity contribution in [2.75, 3.05) is 32.7 Å². The van der Waals surface area contributed by atoms with Crippen molar-refractivity contribution >= 4 is 5.91 Å². The number of likely N-dealkylation sites (tertiary alicyclic amines) is 1. The van der Waals surface area contributed by atoms with E-state index in [1.165, 1.54) is 12.8 Å². The van der Waals surface area contributed by atoms with Crippen molar-refractivity contribution in [1.29, 1.82) is 0 Å². The number of hydrogen-bond acceptors (Lipinski definition) is 3. The van der Waals surface area contributed by atoms with E-state index in [9.17, 15) is 4.79 Å². The molecule has 1 amide bonds. The van der Waals surface area contributed by atoms with Gasteiger partial charge in [0.25, 0.3) is 0 Å². The zero-order chi connectivity index (χ0) is 11.5. The topological polar surface area (TPSA) is 35.6 Å². The molecule has 16 heavy (non-hydrogen) atoms. The van der Waals surface area contributed by atoms with Gasteiger partial charge < -0.3 is 10.2 Å².